The zero-order valence-corrected chi connectivity index (χ0v) is 18.4. The summed E-state index contributed by atoms with van der Waals surface area (Å²) in [4.78, 5) is 53.4. The van der Waals surface area contributed by atoms with E-state index in [1.165, 1.54) is 22.2 Å². The molecule has 0 spiro atoms. The Hall–Kier alpha value is -3.92. The number of hydrogen-bond donors (Lipinski definition) is 1. The van der Waals surface area contributed by atoms with Gasteiger partial charge >= 0.3 is 0 Å². The van der Waals surface area contributed by atoms with Gasteiger partial charge in [-0.3, -0.25) is 29.3 Å². The summed E-state index contributed by atoms with van der Waals surface area (Å²) in [6.07, 6.45) is 3.88. The quantitative estimate of drug-likeness (QED) is 0.490. The molecule has 0 unspecified atom stereocenters. The number of para-hydroxylation sites is 1. The lowest BCUT2D eigenvalue weighted by atomic mass is 10.1. The number of rotatable bonds is 5. The molecule has 5 rings (SSSR count). The molecule has 9 nitrogen and oxygen atoms in total. The first kappa shape index (κ1) is 21.0. The highest BCUT2D eigenvalue weighted by molar-refractivity contribution is 7.15. The highest BCUT2D eigenvalue weighted by Crippen LogP contribution is 2.29. The van der Waals surface area contributed by atoms with E-state index in [9.17, 15) is 14.4 Å². The molecule has 0 radical (unpaired) electrons. The standard InChI is InChI=1S/C23H20N6O3S/c30-20(9-12-29-14-25-16-6-2-1-5-15(16)22(29)32)28-11-8-17-19(13-28)33-23(26-17)27-21(31)18-7-3-4-10-24-18/h1-7,10,14H,8-9,11-13H2,(H,26,27,31). The van der Waals surface area contributed by atoms with Crippen LogP contribution in [0, 0.1) is 0 Å². The van der Waals surface area contributed by atoms with Crippen LogP contribution in [-0.2, 0) is 24.3 Å². The maximum atomic E-state index is 12.8. The second-order valence-electron chi connectivity index (χ2n) is 7.63. The van der Waals surface area contributed by atoms with Gasteiger partial charge in [0.2, 0.25) is 5.91 Å². The number of fused-ring (bicyclic) bond motifs is 2. The van der Waals surface area contributed by atoms with Gasteiger partial charge in [-0.1, -0.05) is 29.5 Å². The lowest BCUT2D eigenvalue weighted by Crippen LogP contribution is -2.36. The Morgan fingerprint density at radius 1 is 1.09 bits per heavy atom. The van der Waals surface area contributed by atoms with Gasteiger partial charge in [0, 0.05) is 37.0 Å². The summed E-state index contributed by atoms with van der Waals surface area (Å²) in [5, 5.41) is 3.82. The Morgan fingerprint density at radius 3 is 2.79 bits per heavy atom. The number of nitrogens with zero attached hydrogens (tertiary/aromatic N) is 5. The summed E-state index contributed by atoms with van der Waals surface area (Å²) in [7, 11) is 0. The molecule has 0 bridgehead atoms. The second kappa shape index (κ2) is 8.91. The minimum absolute atomic E-state index is 0.0341. The zero-order valence-electron chi connectivity index (χ0n) is 17.6. The first-order chi connectivity index (χ1) is 16.1. The normalized spacial score (nSPS) is 13.0. The number of carbonyl (C=O) groups is 2. The van der Waals surface area contributed by atoms with Crippen LogP contribution in [0.3, 0.4) is 0 Å². The Morgan fingerprint density at radius 2 is 1.94 bits per heavy atom. The second-order valence-corrected chi connectivity index (χ2v) is 8.72. The Balaban J connectivity index is 1.22. The third-order valence-corrected chi connectivity index (χ3v) is 6.50. The number of thiazole rings is 1. The largest absolute Gasteiger partial charge is 0.337 e. The highest BCUT2D eigenvalue weighted by Gasteiger charge is 2.24. The van der Waals surface area contributed by atoms with E-state index in [1.54, 1.807) is 47.5 Å². The number of anilines is 1. The zero-order chi connectivity index (χ0) is 22.8. The molecule has 3 aromatic heterocycles. The van der Waals surface area contributed by atoms with E-state index >= 15 is 0 Å². The first-order valence-corrected chi connectivity index (χ1v) is 11.3. The molecule has 1 aromatic carbocycles. The number of nitrogens with one attached hydrogen (secondary N) is 1. The van der Waals surface area contributed by atoms with Crippen molar-refractivity contribution >= 4 is 39.2 Å². The van der Waals surface area contributed by atoms with E-state index < -0.39 is 0 Å². The number of aryl methyl sites for hydroxylation is 1. The van der Waals surface area contributed by atoms with Crippen molar-refractivity contribution in [3.8, 4) is 0 Å². The van der Waals surface area contributed by atoms with Gasteiger partial charge < -0.3 is 4.90 Å². The lowest BCUT2D eigenvalue weighted by molar-refractivity contribution is -0.132. The van der Waals surface area contributed by atoms with E-state index in [0.717, 1.165) is 10.6 Å². The monoisotopic (exact) mass is 460 g/mol. The van der Waals surface area contributed by atoms with Gasteiger partial charge in [0.15, 0.2) is 5.13 Å². The van der Waals surface area contributed by atoms with Crippen LogP contribution in [0.4, 0.5) is 5.13 Å². The summed E-state index contributed by atoms with van der Waals surface area (Å²) < 4.78 is 1.48. The molecule has 1 aliphatic heterocycles. The molecule has 4 heterocycles. The van der Waals surface area contributed by atoms with E-state index in [4.69, 9.17) is 0 Å². The number of hydrogen-bond acceptors (Lipinski definition) is 7. The number of amides is 2. The minimum atomic E-state index is -0.316. The summed E-state index contributed by atoms with van der Waals surface area (Å²) in [6.45, 7) is 1.26. The van der Waals surface area contributed by atoms with Crippen molar-refractivity contribution in [1.29, 1.82) is 0 Å². The van der Waals surface area contributed by atoms with Crippen LogP contribution in [0.5, 0.6) is 0 Å². The van der Waals surface area contributed by atoms with Gasteiger partial charge in [-0.15, -0.1) is 0 Å². The summed E-state index contributed by atoms with van der Waals surface area (Å²) in [5.74, 6) is -0.350. The predicted molar refractivity (Wildman–Crippen MR) is 124 cm³/mol. The Labute approximate surface area is 192 Å². The predicted octanol–water partition coefficient (Wildman–Crippen LogP) is 2.48. The molecule has 10 heteroatoms. The molecule has 1 N–H and O–H groups in total. The minimum Gasteiger partial charge on any atom is -0.337 e. The van der Waals surface area contributed by atoms with E-state index in [-0.39, 0.29) is 30.3 Å². The molecule has 1 aliphatic rings. The molecule has 0 aliphatic carbocycles. The molecular weight excluding hydrogens is 440 g/mol. The van der Waals surface area contributed by atoms with Crippen LogP contribution >= 0.6 is 11.3 Å². The first-order valence-electron chi connectivity index (χ1n) is 10.5. The Kier molecular flexibility index (Phi) is 5.66. The van der Waals surface area contributed by atoms with Gasteiger partial charge in [0.25, 0.3) is 11.5 Å². The highest BCUT2D eigenvalue weighted by atomic mass is 32.1. The topological polar surface area (TPSA) is 110 Å². The molecule has 0 fully saturated rings. The molecule has 33 heavy (non-hydrogen) atoms. The van der Waals surface area contributed by atoms with Crippen molar-refractivity contribution in [1.82, 2.24) is 24.4 Å². The van der Waals surface area contributed by atoms with Crippen molar-refractivity contribution in [2.24, 2.45) is 0 Å². The van der Waals surface area contributed by atoms with Crippen LogP contribution in [0.25, 0.3) is 10.9 Å². The smallest absolute Gasteiger partial charge is 0.276 e. The van der Waals surface area contributed by atoms with Gasteiger partial charge in [-0.05, 0) is 24.3 Å². The van der Waals surface area contributed by atoms with Crippen LogP contribution < -0.4 is 10.9 Å². The molecule has 0 saturated carbocycles. The third-order valence-electron chi connectivity index (χ3n) is 5.50. The maximum absolute atomic E-state index is 12.8. The Bertz CT molecular complexity index is 1400. The van der Waals surface area contributed by atoms with Gasteiger partial charge in [-0.25, -0.2) is 9.97 Å². The summed E-state index contributed by atoms with van der Waals surface area (Å²) in [6, 6.07) is 12.3. The van der Waals surface area contributed by atoms with Gasteiger partial charge in [0.1, 0.15) is 5.69 Å². The van der Waals surface area contributed by atoms with Gasteiger partial charge in [-0.2, -0.15) is 0 Å². The van der Waals surface area contributed by atoms with Gasteiger partial charge in [0.05, 0.1) is 29.5 Å². The van der Waals surface area contributed by atoms with Crippen molar-refractivity contribution in [3.05, 3.63) is 81.6 Å². The van der Waals surface area contributed by atoms with Crippen molar-refractivity contribution in [3.63, 3.8) is 0 Å². The molecule has 2 amide bonds. The fourth-order valence-electron chi connectivity index (χ4n) is 3.76. The SMILES string of the molecule is O=C(Nc1nc2c(s1)CN(C(=O)CCn1cnc3ccccc3c1=O)CC2)c1ccccn1. The summed E-state index contributed by atoms with van der Waals surface area (Å²) in [5.41, 5.74) is 1.71. The summed E-state index contributed by atoms with van der Waals surface area (Å²) >= 11 is 1.37. The van der Waals surface area contributed by atoms with Crippen molar-refractivity contribution in [2.75, 3.05) is 11.9 Å². The van der Waals surface area contributed by atoms with E-state index in [1.807, 2.05) is 6.07 Å². The number of pyridine rings is 1. The average molecular weight is 461 g/mol. The van der Waals surface area contributed by atoms with E-state index in [0.29, 0.717) is 41.2 Å². The van der Waals surface area contributed by atoms with Crippen LogP contribution in [-0.4, -0.2) is 42.8 Å². The van der Waals surface area contributed by atoms with Crippen molar-refractivity contribution in [2.45, 2.75) is 25.9 Å². The molecular formula is C23H20N6O3S. The number of carbonyl (C=O) groups excluding carboxylic acids is 2. The molecule has 166 valence electrons. The van der Waals surface area contributed by atoms with Crippen molar-refractivity contribution < 1.29 is 9.59 Å². The van der Waals surface area contributed by atoms with Crippen LogP contribution in [0.15, 0.2) is 59.8 Å². The van der Waals surface area contributed by atoms with Crippen LogP contribution in [0.2, 0.25) is 0 Å². The molecule has 4 aromatic rings. The number of aromatic nitrogens is 4. The molecule has 0 saturated heterocycles. The fourth-order valence-corrected chi connectivity index (χ4v) is 4.78. The molecule has 0 atom stereocenters. The lowest BCUT2D eigenvalue weighted by Gasteiger charge is -2.26. The third kappa shape index (κ3) is 4.37. The average Bonchev–Trinajstić information content (AvgIpc) is 3.25. The number of benzene rings is 1. The fraction of sp³-hybridized carbons (Fsp3) is 0.217. The van der Waals surface area contributed by atoms with E-state index in [2.05, 4.69) is 20.3 Å². The van der Waals surface area contributed by atoms with Crippen LogP contribution in [0.1, 0.15) is 27.5 Å². The maximum Gasteiger partial charge on any atom is 0.276 e.